The number of phenolic OH excluding ortho intramolecular Hbond substituents is 1. The number of methoxy groups -OCH3 is 1. The molecular weight excluding hydrogens is 389 g/mol. The number of benzene rings is 4. The van der Waals surface area contributed by atoms with Gasteiger partial charge in [-0.05, 0) is 53.3 Å². The van der Waals surface area contributed by atoms with Gasteiger partial charge >= 0.3 is 0 Å². The molecule has 0 saturated carbocycles. The quantitative estimate of drug-likeness (QED) is 0.414. The highest BCUT2D eigenvalue weighted by atomic mass is 31.1. The first-order valence-corrected chi connectivity index (χ1v) is 10.8. The van der Waals surface area contributed by atoms with E-state index in [9.17, 15) is 5.11 Å². The summed E-state index contributed by atoms with van der Waals surface area (Å²) in [5, 5.41) is 12.5. The fourth-order valence-electron chi connectivity index (χ4n) is 3.39. The van der Waals surface area contributed by atoms with Gasteiger partial charge in [0.25, 0.3) is 0 Å². The minimum absolute atomic E-state index is 0.298. The zero-order chi connectivity index (χ0) is 20.8. The number of phenols is 1. The van der Waals surface area contributed by atoms with Crippen molar-refractivity contribution < 1.29 is 9.84 Å². The fourth-order valence-corrected chi connectivity index (χ4v) is 4.60. The molecule has 0 spiro atoms. The van der Waals surface area contributed by atoms with Gasteiger partial charge in [-0.3, -0.25) is 0 Å². The molecule has 0 radical (unpaired) electrons. The summed E-state index contributed by atoms with van der Waals surface area (Å²) in [5.74, 6) is 1.05. The van der Waals surface area contributed by atoms with Crippen molar-refractivity contribution in [2.45, 2.75) is 6.54 Å². The molecule has 1 atom stereocenters. The van der Waals surface area contributed by atoms with Crippen LogP contribution in [0.5, 0.6) is 11.5 Å². The monoisotopic (exact) mass is 413 g/mol. The van der Waals surface area contributed by atoms with Gasteiger partial charge in [-0.15, -0.1) is 0 Å². The van der Waals surface area contributed by atoms with Crippen molar-refractivity contribution in [2.75, 3.05) is 12.0 Å². The van der Waals surface area contributed by atoms with E-state index in [0.717, 1.165) is 29.0 Å². The van der Waals surface area contributed by atoms with E-state index in [1.807, 2.05) is 18.2 Å². The first kappa shape index (κ1) is 20.0. The molecule has 150 valence electrons. The maximum atomic E-state index is 10.4. The summed E-state index contributed by atoms with van der Waals surface area (Å²) in [7, 11) is 1.98. The Kier molecular flexibility index (Phi) is 6.32. The second kappa shape index (κ2) is 9.47. The molecule has 0 aromatic heterocycles. The van der Waals surface area contributed by atoms with Gasteiger partial charge in [0.1, 0.15) is 11.5 Å². The normalized spacial score (nSPS) is 11.0. The number of nitrogens with zero attached hydrogens (tertiary/aromatic N) is 1. The average Bonchev–Trinajstić information content (AvgIpc) is 2.81. The van der Waals surface area contributed by atoms with Gasteiger partial charge in [-0.25, -0.2) is 0 Å². The molecule has 4 aromatic rings. The van der Waals surface area contributed by atoms with E-state index in [-0.39, 0.29) is 0 Å². The van der Waals surface area contributed by atoms with Crippen molar-refractivity contribution in [3.05, 3.63) is 109 Å². The number of ether oxygens (including phenoxy) is 1. The Morgan fingerprint density at radius 1 is 0.733 bits per heavy atom. The Balaban J connectivity index is 1.69. The van der Waals surface area contributed by atoms with Crippen LogP contribution in [-0.4, -0.2) is 12.2 Å². The highest BCUT2D eigenvalue weighted by Crippen LogP contribution is 2.29. The van der Waals surface area contributed by atoms with Crippen LogP contribution in [0, 0.1) is 0 Å². The third-order valence-electron chi connectivity index (χ3n) is 4.95. The number of hydrogen-bond donors (Lipinski definition) is 1. The smallest absolute Gasteiger partial charge is 0.123 e. The molecule has 4 rings (SSSR count). The van der Waals surface area contributed by atoms with Crippen molar-refractivity contribution in [2.24, 2.45) is 0 Å². The van der Waals surface area contributed by atoms with Crippen molar-refractivity contribution in [1.29, 1.82) is 0 Å². The first-order chi connectivity index (χ1) is 14.7. The summed E-state index contributed by atoms with van der Waals surface area (Å²) in [5.41, 5.74) is 3.52. The molecule has 0 aliphatic heterocycles. The molecular formula is C26H24NO2P. The van der Waals surface area contributed by atoms with E-state index in [1.54, 1.807) is 19.2 Å². The van der Waals surface area contributed by atoms with Gasteiger partial charge in [-0.2, -0.15) is 0 Å². The van der Waals surface area contributed by atoms with Crippen molar-refractivity contribution >= 4 is 30.6 Å². The fraction of sp³-hybridized carbons (Fsp3) is 0.0769. The van der Waals surface area contributed by atoms with Crippen LogP contribution in [0.15, 0.2) is 103 Å². The van der Waals surface area contributed by atoms with Crippen LogP contribution in [0.3, 0.4) is 0 Å². The number of aromatic hydroxyl groups is 1. The minimum atomic E-state index is 0.298. The Morgan fingerprint density at radius 2 is 1.33 bits per heavy atom. The molecule has 0 aliphatic rings. The number of rotatable bonds is 7. The summed E-state index contributed by atoms with van der Waals surface area (Å²) in [6, 6.07) is 34.7. The molecule has 0 bridgehead atoms. The summed E-state index contributed by atoms with van der Waals surface area (Å²) in [6.07, 6.45) is 0. The topological polar surface area (TPSA) is 32.7 Å². The standard InChI is InChI=1S/C26H24NO2P/c1-29-23-16-17-24(28)26(18-23)30-25-15-9-8-10-20(25)19-27(21-11-4-2-5-12-21)22-13-6-3-7-14-22/h2-18,28,30H,19H2,1H3. The molecule has 4 heteroatoms. The van der Waals surface area contributed by atoms with Crippen LogP contribution in [0.2, 0.25) is 0 Å². The lowest BCUT2D eigenvalue weighted by Gasteiger charge is -2.26. The summed E-state index contributed by atoms with van der Waals surface area (Å²) < 4.78 is 5.34. The molecule has 0 aliphatic carbocycles. The molecule has 3 nitrogen and oxygen atoms in total. The van der Waals surface area contributed by atoms with Gasteiger partial charge in [-0.1, -0.05) is 69.2 Å². The zero-order valence-electron chi connectivity index (χ0n) is 16.8. The third kappa shape index (κ3) is 4.64. The SMILES string of the molecule is COc1ccc(O)c(Pc2ccccc2CN(c2ccccc2)c2ccccc2)c1. The van der Waals surface area contributed by atoms with Crippen LogP contribution in [0.25, 0.3) is 0 Å². The van der Waals surface area contributed by atoms with Crippen LogP contribution >= 0.6 is 8.58 Å². The molecule has 0 saturated heterocycles. The minimum Gasteiger partial charge on any atom is -0.507 e. The lowest BCUT2D eigenvalue weighted by Crippen LogP contribution is -2.21. The average molecular weight is 413 g/mol. The molecule has 1 unspecified atom stereocenters. The molecule has 0 amide bonds. The van der Waals surface area contributed by atoms with E-state index < -0.39 is 0 Å². The maximum Gasteiger partial charge on any atom is 0.123 e. The van der Waals surface area contributed by atoms with Gasteiger partial charge < -0.3 is 14.7 Å². The number of anilines is 2. The number of para-hydroxylation sites is 2. The molecule has 4 aromatic carbocycles. The second-order valence-corrected chi connectivity index (χ2v) is 8.25. The highest BCUT2D eigenvalue weighted by molar-refractivity contribution is 7.55. The van der Waals surface area contributed by atoms with Crippen LogP contribution in [0.4, 0.5) is 11.4 Å². The Morgan fingerprint density at radius 3 is 1.97 bits per heavy atom. The van der Waals surface area contributed by atoms with Crippen molar-refractivity contribution in [3.8, 4) is 11.5 Å². The third-order valence-corrected chi connectivity index (χ3v) is 6.38. The predicted molar refractivity (Wildman–Crippen MR) is 127 cm³/mol. The molecule has 0 heterocycles. The Bertz CT molecular complexity index is 1060. The first-order valence-electron chi connectivity index (χ1n) is 9.84. The van der Waals surface area contributed by atoms with Crippen LogP contribution < -0.4 is 20.2 Å². The molecule has 30 heavy (non-hydrogen) atoms. The Hall–Kier alpha value is -3.29. The van der Waals surface area contributed by atoms with E-state index in [0.29, 0.717) is 14.3 Å². The van der Waals surface area contributed by atoms with Gasteiger partial charge in [0, 0.05) is 23.2 Å². The van der Waals surface area contributed by atoms with E-state index >= 15 is 0 Å². The summed E-state index contributed by atoms with van der Waals surface area (Å²) in [4.78, 5) is 2.31. The largest absolute Gasteiger partial charge is 0.507 e. The molecule has 0 fully saturated rings. The van der Waals surface area contributed by atoms with Gasteiger partial charge in [0.15, 0.2) is 0 Å². The summed E-state index contributed by atoms with van der Waals surface area (Å²) in [6.45, 7) is 0.738. The Labute approximate surface area is 179 Å². The number of hydrogen-bond acceptors (Lipinski definition) is 3. The van der Waals surface area contributed by atoms with Crippen LogP contribution in [0.1, 0.15) is 5.56 Å². The van der Waals surface area contributed by atoms with Crippen molar-refractivity contribution in [3.63, 3.8) is 0 Å². The predicted octanol–water partition coefficient (Wildman–Crippen LogP) is 5.37. The van der Waals surface area contributed by atoms with E-state index in [2.05, 4.69) is 77.7 Å². The van der Waals surface area contributed by atoms with Gasteiger partial charge in [0.05, 0.1) is 7.11 Å². The lowest BCUT2D eigenvalue weighted by molar-refractivity contribution is 0.413. The van der Waals surface area contributed by atoms with Crippen molar-refractivity contribution in [1.82, 2.24) is 0 Å². The van der Waals surface area contributed by atoms with E-state index in [1.165, 1.54) is 10.9 Å². The highest BCUT2D eigenvalue weighted by Gasteiger charge is 2.14. The van der Waals surface area contributed by atoms with Gasteiger partial charge in [0.2, 0.25) is 0 Å². The zero-order valence-corrected chi connectivity index (χ0v) is 17.8. The molecule has 1 N–H and O–H groups in total. The lowest BCUT2D eigenvalue weighted by atomic mass is 10.1. The maximum absolute atomic E-state index is 10.4. The summed E-state index contributed by atoms with van der Waals surface area (Å²) >= 11 is 0. The second-order valence-electron chi connectivity index (χ2n) is 6.92. The van der Waals surface area contributed by atoms with E-state index in [4.69, 9.17) is 4.74 Å². The van der Waals surface area contributed by atoms with Crippen LogP contribution in [-0.2, 0) is 6.54 Å².